The fraction of sp³-hybridized carbons (Fsp3) is 0.643. The number of anilines is 2. The van der Waals surface area contributed by atoms with Crippen molar-refractivity contribution in [2.45, 2.75) is 38.6 Å². The zero-order chi connectivity index (χ0) is 12.8. The molecule has 1 aromatic rings. The van der Waals surface area contributed by atoms with Gasteiger partial charge in [0.2, 0.25) is 0 Å². The average molecular weight is 249 g/mol. The first-order chi connectivity index (χ1) is 8.72. The molecule has 1 fully saturated rings. The van der Waals surface area contributed by atoms with Gasteiger partial charge in [-0.25, -0.2) is 0 Å². The summed E-state index contributed by atoms with van der Waals surface area (Å²) >= 11 is 0. The molecule has 0 radical (unpaired) electrons. The zero-order valence-electron chi connectivity index (χ0n) is 11.3. The highest BCUT2D eigenvalue weighted by Gasteiger charge is 2.26. The van der Waals surface area contributed by atoms with Gasteiger partial charge in [0.05, 0.1) is 23.8 Å². The zero-order valence-corrected chi connectivity index (χ0v) is 11.3. The molecule has 4 heteroatoms. The van der Waals surface area contributed by atoms with Crippen LogP contribution in [0.5, 0.6) is 0 Å². The fourth-order valence-electron chi connectivity index (χ4n) is 2.17. The van der Waals surface area contributed by atoms with Gasteiger partial charge in [0, 0.05) is 25.3 Å². The molecule has 0 amide bonds. The SMILES string of the molecule is CCCNc1cncc(NC2(C)CCOCC2)c1. The Kier molecular flexibility index (Phi) is 4.42. The van der Waals surface area contributed by atoms with Crippen molar-refractivity contribution < 1.29 is 4.74 Å². The molecule has 2 N–H and O–H groups in total. The Morgan fingerprint density at radius 3 is 2.72 bits per heavy atom. The van der Waals surface area contributed by atoms with Crippen LogP contribution in [0.25, 0.3) is 0 Å². The van der Waals surface area contributed by atoms with E-state index in [1.54, 1.807) is 0 Å². The van der Waals surface area contributed by atoms with Crippen molar-refractivity contribution in [2.24, 2.45) is 0 Å². The predicted octanol–water partition coefficient (Wildman–Crippen LogP) is 2.88. The van der Waals surface area contributed by atoms with Gasteiger partial charge in [0.15, 0.2) is 0 Å². The van der Waals surface area contributed by atoms with Gasteiger partial charge < -0.3 is 15.4 Å². The summed E-state index contributed by atoms with van der Waals surface area (Å²) in [6.45, 7) is 7.07. The third kappa shape index (κ3) is 3.60. The van der Waals surface area contributed by atoms with E-state index in [1.807, 2.05) is 12.4 Å². The van der Waals surface area contributed by atoms with Crippen molar-refractivity contribution in [3.63, 3.8) is 0 Å². The van der Waals surface area contributed by atoms with Crippen LogP contribution < -0.4 is 10.6 Å². The highest BCUT2D eigenvalue weighted by atomic mass is 16.5. The summed E-state index contributed by atoms with van der Waals surface area (Å²) in [7, 11) is 0. The van der Waals surface area contributed by atoms with Crippen molar-refractivity contribution >= 4 is 11.4 Å². The normalized spacial score (nSPS) is 18.3. The van der Waals surface area contributed by atoms with Crippen molar-refractivity contribution in [2.75, 3.05) is 30.4 Å². The Labute approximate surface area is 109 Å². The fourth-order valence-corrected chi connectivity index (χ4v) is 2.17. The van der Waals surface area contributed by atoms with Crippen molar-refractivity contribution in [3.8, 4) is 0 Å². The van der Waals surface area contributed by atoms with E-state index in [1.165, 1.54) is 0 Å². The van der Waals surface area contributed by atoms with Gasteiger partial charge in [-0.1, -0.05) is 6.92 Å². The Bertz CT molecular complexity index is 375. The lowest BCUT2D eigenvalue weighted by Crippen LogP contribution is -2.40. The first-order valence-corrected chi connectivity index (χ1v) is 6.77. The number of ether oxygens (including phenoxy) is 1. The lowest BCUT2D eigenvalue weighted by Gasteiger charge is -2.35. The van der Waals surface area contributed by atoms with Crippen molar-refractivity contribution in [3.05, 3.63) is 18.5 Å². The maximum Gasteiger partial charge on any atom is 0.0551 e. The summed E-state index contributed by atoms with van der Waals surface area (Å²) in [6, 6.07) is 2.13. The molecule has 0 aliphatic carbocycles. The second-order valence-electron chi connectivity index (χ2n) is 5.19. The third-order valence-corrected chi connectivity index (χ3v) is 3.36. The average Bonchev–Trinajstić information content (AvgIpc) is 2.37. The second kappa shape index (κ2) is 6.05. The Morgan fingerprint density at radius 1 is 1.28 bits per heavy atom. The van der Waals surface area contributed by atoms with Crippen LogP contribution in [0.1, 0.15) is 33.1 Å². The minimum Gasteiger partial charge on any atom is -0.384 e. The largest absolute Gasteiger partial charge is 0.384 e. The molecule has 2 rings (SSSR count). The molecule has 4 nitrogen and oxygen atoms in total. The van der Waals surface area contributed by atoms with E-state index in [0.29, 0.717) is 0 Å². The first-order valence-electron chi connectivity index (χ1n) is 6.77. The van der Waals surface area contributed by atoms with Gasteiger partial charge in [-0.15, -0.1) is 0 Å². The third-order valence-electron chi connectivity index (χ3n) is 3.36. The van der Waals surface area contributed by atoms with Crippen LogP contribution >= 0.6 is 0 Å². The van der Waals surface area contributed by atoms with E-state index in [4.69, 9.17) is 4.74 Å². The summed E-state index contributed by atoms with van der Waals surface area (Å²) in [5, 5.41) is 6.95. The predicted molar refractivity (Wildman–Crippen MR) is 75.1 cm³/mol. The van der Waals surface area contributed by atoms with Crippen LogP contribution in [0, 0.1) is 0 Å². The molecular formula is C14H23N3O. The summed E-state index contributed by atoms with van der Waals surface area (Å²) < 4.78 is 5.41. The smallest absolute Gasteiger partial charge is 0.0551 e. The van der Waals surface area contributed by atoms with Gasteiger partial charge in [0.1, 0.15) is 0 Å². The molecule has 1 aromatic heterocycles. The lowest BCUT2D eigenvalue weighted by molar-refractivity contribution is 0.0658. The molecule has 0 unspecified atom stereocenters. The van der Waals surface area contributed by atoms with Crippen LogP contribution in [0.3, 0.4) is 0 Å². The van der Waals surface area contributed by atoms with Crippen molar-refractivity contribution in [1.82, 2.24) is 4.98 Å². The number of nitrogens with zero attached hydrogens (tertiary/aromatic N) is 1. The quantitative estimate of drug-likeness (QED) is 0.842. The molecule has 2 heterocycles. The number of rotatable bonds is 5. The Morgan fingerprint density at radius 2 is 2.00 bits per heavy atom. The Hall–Kier alpha value is -1.29. The monoisotopic (exact) mass is 249 g/mol. The number of hydrogen-bond acceptors (Lipinski definition) is 4. The van der Waals surface area contributed by atoms with Gasteiger partial charge in [-0.3, -0.25) is 4.98 Å². The molecule has 0 aromatic carbocycles. The van der Waals surface area contributed by atoms with Crippen LogP contribution in [0.2, 0.25) is 0 Å². The van der Waals surface area contributed by atoms with Crippen molar-refractivity contribution in [1.29, 1.82) is 0 Å². The number of aromatic nitrogens is 1. The molecule has 0 saturated carbocycles. The summed E-state index contributed by atoms with van der Waals surface area (Å²) in [5.41, 5.74) is 2.29. The van der Waals surface area contributed by atoms with E-state index < -0.39 is 0 Å². The lowest BCUT2D eigenvalue weighted by atomic mass is 9.92. The van der Waals surface area contributed by atoms with E-state index in [-0.39, 0.29) is 5.54 Å². The standard InChI is InChI=1S/C14H23N3O/c1-3-6-16-12-9-13(11-15-10-12)17-14(2)4-7-18-8-5-14/h9-11,16-17H,3-8H2,1-2H3. The molecular weight excluding hydrogens is 226 g/mol. The molecule has 0 atom stereocenters. The van der Waals surface area contributed by atoms with Crippen LogP contribution in [0.15, 0.2) is 18.5 Å². The van der Waals surface area contributed by atoms with Gasteiger partial charge >= 0.3 is 0 Å². The van der Waals surface area contributed by atoms with Gasteiger partial charge in [-0.2, -0.15) is 0 Å². The van der Waals surface area contributed by atoms with Crippen LogP contribution in [-0.4, -0.2) is 30.3 Å². The van der Waals surface area contributed by atoms with E-state index in [0.717, 1.165) is 50.4 Å². The minimum atomic E-state index is 0.128. The highest BCUT2D eigenvalue weighted by Crippen LogP contribution is 2.26. The van der Waals surface area contributed by atoms with Gasteiger partial charge in [0.25, 0.3) is 0 Å². The molecule has 18 heavy (non-hydrogen) atoms. The maximum atomic E-state index is 5.41. The van der Waals surface area contributed by atoms with Crippen LogP contribution in [-0.2, 0) is 4.74 Å². The highest BCUT2D eigenvalue weighted by molar-refractivity contribution is 5.55. The molecule has 0 bridgehead atoms. The maximum absolute atomic E-state index is 5.41. The molecule has 1 aliphatic rings. The topological polar surface area (TPSA) is 46.2 Å². The first kappa shape index (κ1) is 13.1. The number of pyridine rings is 1. The minimum absolute atomic E-state index is 0.128. The summed E-state index contributed by atoms with van der Waals surface area (Å²) in [5.74, 6) is 0. The van der Waals surface area contributed by atoms with E-state index in [2.05, 4.69) is 35.5 Å². The van der Waals surface area contributed by atoms with Gasteiger partial charge in [-0.05, 0) is 32.3 Å². The number of nitrogens with one attached hydrogen (secondary N) is 2. The van der Waals surface area contributed by atoms with E-state index >= 15 is 0 Å². The summed E-state index contributed by atoms with van der Waals surface area (Å²) in [6.07, 6.45) is 6.96. The van der Waals surface area contributed by atoms with E-state index in [9.17, 15) is 0 Å². The van der Waals surface area contributed by atoms with Crippen LogP contribution in [0.4, 0.5) is 11.4 Å². The Balaban J connectivity index is 1.99. The second-order valence-corrected chi connectivity index (χ2v) is 5.19. The summed E-state index contributed by atoms with van der Waals surface area (Å²) in [4.78, 5) is 4.28. The number of hydrogen-bond donors (Lipinski definition) is 2. The molecule has 1 saturated heterocycles. The molecule has 100 valence electrons. The molecule has 1 aliphatic heterocycles. The molecule has 0 spiro atoms.